The zero-order chi connectivity index (χ0) is 27.2. The van der Waals surface area contributed by atoms with Crippen LogP contribution in [0.15, 0.2) is 38.8 Å². The Labute approximate surface area is 220 Å². The van der Waals surface area contributed by atoms with Crippen molar-refractivity contribution in [1.82, 2.24) is 23.6 Å². The molecule has 0 spiro atoms. The maximum absolute atomic E-state index is 13.5. The summed E-state index contributed by atoms with van der Waals surface area (Å²) < 4.78 is 37.2. The Bertz CT molecular complexity index is 1420. The first-order valence-electron chi connectivity index (χ1n) is 13.2. The highest BCUT2D eigenvalue weighted by Crippen LogP contribution is 2.41. The van der Waals surface area contributed by atoms with E-state index in [1.54, 1.807) is 12.1 Å². The Morgan fingerprint density at radius 3 is 2.47 bits per heavy atom. The summed E-state index contributed by atoms with van der Waals surface area (Å²) >= 11 is 0. The van der Waals surface area contributed by atoms with Gasteiger partial charge < -0.3 is 15.2 Å². The molecule has 2 fully saturated rings. The van der Waals surface area contributed by atoms with Crippen molar-refractivity contribution in [3.63, 3.8) is 0 Å². The van der Waals surface area contributed by atoms with Gasteiger partial charge in [0.1, 0.15) is 11.6 Å². The number of rotatable bonds is 9. The van der Waals surface area contributed by atoms with Gasteiger partial charge >= 0.3 is 17.5 Å². The largest absolute Gasteiger partial charge is 0.441 e. The zero-order valence-electron chi connectivity index (χ0n) is 21.7. The standard InChI is InChI=1S/C25H35N5O7S/c1-3-4-5-6-13-28-23(32)29-15-21(37-22(31)26-18-9-10-18)25(34)16-27(14-20(25)30(29)24(28)33)38(35,36)19-11-7-17(2)8-12-19/h7-8,11-12,18,20-21,34H,3-6,9-10,13-16H2,1-2H3,(H,26,31)/t20-,21+,25-/m1/s1. The average molecular weight is 550 g/mol. The number of fused-ring (bicyclic) bond motifs is 3. The van der Waals surface area contributed by atoms with Crippen LogP contribution in [0.2, 0.25) is 0 Å². The predicted molar refractivity (Wildman–Crippen MR) is 137 cm³/mol. The number of alkyl carbamates (subject to hydrolysis) is 1. The minimum absolute atomic E-state index is 0.00336. The second-order valence-corrected chi connectivity index (χ2v) is 12.6. The minimum atomic E-state index is -4.04. The fourth-order valence-corrected chi connectivity index (χ4v) is 6.85. The highest BCUT2D eigenvalue weighted by molar-refractivity contribution is 7.89. The molecule has 2 N–H and O–H groups in total. The SMILES string of the molecule is CCCCCCn1c(=O)n2n(c1=O)[C@@H]1CN(S(=O)(=O)c3ccc(C)cc3)C[C@]1(O)[C@@H](OC(=O)NC1CC1)C2. The van der Waals surface area contributed by atoms with Crippen LogP contribution in [-0.4, -0.2) is 68.7 Å². The lowest BCUT2D eigenvalue weighted by atomic mass is 9.89. The number of carbonyl (C=O) groups is 1. The van der Waals surface area contributed by atoms with Gasteiger partial charge in [0.15, 0.2) is 6.10 Å². The monoisotopic (exact) mass is 549 g/mol. The Morgan fingerprint density at radius 1 is 1.11 bits per heavy atom. The summed E-state index contributed by atoms with van der Waals surface area (Å²) in [5.41, 5.74) is -2.19. The number of unbranched alkanes of at least 4 members (excludes halogenated alkanes) is 3. The van der Waals surface area contributed by atoms with Crippen molar-refractivity contribution in [3.8, 4) is 0 Å². The molecule has 2 aromatic rings. The van der Waals surface area contributed by atoms with Gasteiger partial charge in [0, 0.05) is 25.7 Å². The molecule has 1 aromatic carbocycles. The quantitative estimate of drug-likeness (QED) is 0.443. The molecule has 13 heteroatoms. The van der Waals surface area contributed by atoms with Gasteiger partial charge in [-0.05, 0) is 38.3 Å². The van der Waals surface area contributed by atoms with E-state index in [2.05, 4.69) is 12.2 Å². The number of hydrogen-bond acceptors (Lipinski definition) is 7. The first kappa shape index (κ1) is 26.7. The van der Waals surface area contributed by atoms with Gasteiger partial charge in [-0.2, -0.15) is 4.31 Å². The van der Waals surface area contributed by atoms with E-state index >= 15 is 0 Å². The van der Waals surface area contributed by atoms with E-state index in [4.69, 9.17) is 4.74 Å². The fraction of sp³-hybridized carbons (Fsp3) is 0.640. The first-order valence-corrected chi connectivity index (χ1v) is 14.7. The molecule has 1 amide bonds. The van der Waals surface area contributed by atoms with Gasteiger partial charge in [-0.3, -0.25) is 0 Å². The molecule has 2 aliphatic heterocycles. The molecule has 0 unspecified atom stereocenters. The van der Waals surface area contributed by atoms with E-state index in [0.29, 0.717) is 6.42 Å². The van der Waals surface area contributed by atoms with E-state index < -0.39 is 51.8 Å². The van der Waals surface area contributed by atoms with Crippen molar-refractivity contribution >= 4 is 16.1 Å². The minimum Gasteiger partial charge on any atom is -0.441 e. The molecule has 1 aliphatic carbocycles. The molecule has 1 saturated carbocycles. The number of ether oxygens (including phenoxy) is 1. The molecule has 3 heterocycles. The lowest BCUT2D eigenvalue weighted by Gasteiger charge is -2.40. The first-order chi connectivity index (χ1) is 18.1. The Balaban J connectivity index is 1.51. The van der Waals surface area contributed by atoms with Crippen molar-refractivity contribution in [3.05, 3.63) is 50.8 Å². The molecule has 208 valence electrons. The lowest BCUT2D eigenvalue weighted by Crippen LogP contribution is -2.61. The summed E-state index contributed by atoms with van der Waals surface area (Å²) in [6.45, 7) is 3.22. The maximum atomic E-state index is 13.5. The second-order valence-electron chi connectivity index (χ2n) is 10.6. The third-order valence-corrected chi connectivity index (χ3v) is 9.58. The maximum Gasteiger partial charge on any atom is 0.407 e. The predicted octanol–water partition coefficient (Wildman–Crippen LogP) is 0.948. The summed E-state index contributed by atoms with van der Waals surface area (Å²) in [4.78, 5) is 39.3. The summed E-state index contributed by atoms with van der Waals surface area (Å²) in [6.07, 6.45) is 3.15. The van der Waals surface area contributed by atoms with Crippen LogP contribution in [0.3, 0.4) is 0 Å². The number of amides is 1. The second kappa shape index (κ2) is 10.0. The van der Waals surface area contributed by atoms with Crippen LogP contribution in [0, 0.1) is 6.92 Å². The zero-order valence-corrected chi connectivity index (χ0v) is 22.5. The number of nitrogens with one attached hydrogen (secondary N) is 1. The number of nitrogens with zero attached hydrogens (tertiary/aromatic N) is 4. The van der Waals surface area contributed by atoms with Crippen molar-refractivity contribution in [1.29, 1.82) is 0 Å². The van der Waals surface area contributed by atoms with Crippen molar-refractivity contribution in [2.45, 2.75) is 94.1 Å². The highest BCUT2D eigenvalue weighted by Gasteiger charge is 2.60. The fourth-order valence-electron chi connectivity index (χ4n) is 5.36. The van der Waals surface area contributed by atoms with Crippen LogP contribution in [0.4, 0.5) is 4.79 Å². The van der Waals surface area contributed by atoms with Gasteiger partial charge in [-0.25, -0.2) is 36.7 Å². The molecule has 0 radical (unpaired) electrons. The Kier molecular flexibility index (Phi) is 7.03. The molecule has 12 nitrogen and oxygen atoms in total. The molecule has 38 heavy (non-hydrogen) atoms. The molecule has 3 aliphatic rings. The number of aryl methyl sites for hydroxylation is 1. The summed E-state index contributed by atoms with van der Waals surface area (Å²) in [5.74, 6) is 0. The topological polar surface area (TPSA) is 145 Å². The molecule has 1 saturated heterocycles. The van der Waals surface area contributed by atoms with Gasteiger partial charge in [-0.15, -0.1) is 0 Å². The van der Waals surface area contributed by atoms with Gasteiger partial charge in [-0.1, -0.05) is 43.9 Å². The smallest absolute Gasteiger partial charge is 0.407 e. The number of carbonyl (C=O) groups excluding carboxylic acids is 1. The Morgan fingerprint density at radius 2 is 1.82 bits per heavy atom. The van der Waals surface area contributed by atoms with Crippen molar-refractivity contribution in [2.75, 3.05) is 13.1 Å². The average Bonchev–Trinajstić information content (AvgIpc) is 3.55. The van der Waals surface area contributed by atoms with Crippen LogP contribution in [0.25, 0.3) is 0 Å². The summed E-state index contributed by atoms with van der Waals surface area (Å²) in [7, 11) is -4.04. The summed E-state index contributed by atoms with van der Waals surface area (Å²) in [5, 5.41) is 14.6. The molecule has 0 bridgehead atoms. The van der Waals surface area contributed by atoms with Crippen molar-refractivity contribution < 1.29 is 23.1 Å². The van der Waals surface area contributed by atoms with E-state index in [-0.39, 0.29) is 30.6 Å². The van der Waals surface area contributed by atoms with E-state index in [1.807, 2.05) is 6.92 Å². The number of β-amino-alcohol motifs (C(OH)–C–C–N with tert-alkyl or cyclic N) is 1. The number of aromatic nitrogens is 3. The number of aliphatic hydroxyl groups is 1. The van der Waals surface area contributed by atoms with E-state index in [9.17, 15) is 27.9 Å². The highest BCUT2D eigenvalue weighted by atomic mass is 32.2. The van der Waals surface area contributed by atoms with Gasteiger partial charge in [0.05, 0.1) is 11.4 Å². The van der Waals surface area contributed by atoms with Crippen LogP contribution in [0.1, 0.15) is 57.1 Å². The third kappa shape index (κ3) is 4.71. The molecule has 1 aromatic heterocycles. The molecular weight excluding hydrogens is 514 g/mol. The lowest BCUT2D eigenvalue weighted by molar-refractivity contribution is -0.122. The van der Waals surface area contributed by atoms with E-state index in [0.717, 1.165) is 51.2 Å². The van der Waals surface area contributed by atoms with Gasteiger partial charge in [0.25, 0.3) is 0 Å². The molecule has 3 atom stereocenters. The Hall–Kier alpha value is -2.90. The number of sulfonamides is 1. The summed E-state index contributed by atoms with van der Waals surface area (Å²) in [6, 6.07) is 5.22. The number of benzene rings is 1. The molecular formula is C25H35N5O7S. The van der Waals surface area contributed by atoms with Crippen molar-refractivity contribution in [2.24, 2.45) is 0 Å². The normalized spacial score (nSPS) is 25.1. The van der Waals surface area contributed by atoms with Crippen LogP contribution in [-0.2, 0) is 27.8 Å². The van der Waals surface area contributed by atoms with Crippen LogP contribution in [0.5, 0.6) is 0 Å². The number of hydrogen-bond donors (Lipinski definition) is 2. The van der Waals surface area contributed by atoms with Crippen LogP contribution >= 0.6 is 0 Å². The molecule has 5 rings (SSSR count). The van der Waals surface area contributed by atoms with E-state index in [1.165, 1.54) is 16.8 Å². The third-order valence-electron chi connectivity index (χ3n) is 7.76. The van der Waals surface area contributed by atoms with Gasteiger partial charge in [0.2, 0.25) is 10.0 Å². The van der Waals surface area contributed by atoms with Crippen LogP contribution < -0.4 is 16.7 Å².